The minimum atomic E-state index is -3.43. The molecule has 64 valence electrons. The second-order valence-corrected chi connectivity index (χ2v) is 3.70. The van der Waals surface area contributed by atoms with Crippen molar-refractivity contribution in [2.75, 3.05) is 18.9 Å². The number of nitrogens with one attached hydrogen (secondary N) is 1. The minimum absolute atomic E-state index is 0.0604. The Morgan fingerprint density at radius 2 is 2.18 bits per heavy atom. The summed E-state index contributed by atoms with van der Waals surface area (Å²) in [7, 11) is -3.43. The lowest BCUT2D eigenvalue weighted by atomic mass is 10.5. The number of aliphatic hydroxyl groups excluding tert-OH is 1. The second-order valence-electron chi connectivity index (χ2n) is 1.89. The van der Waals surface area contributed by atoms with E-state index in [0.29, 0.717) is 6.42 Å². The predicted octanol–water partition coefficient (Wildman–Crippen LogP) is -1.19. The molecule has 0 amide bonds. The van der Waals surface area contributed by atoms with Gasteiger partial charge in [-0.25, -0.2) is 13.1 Å². The van der Waals surface area contributed by atoms with Gasteiger partial charge in [0.2, 0.25) is 10.0 Å². The molecule has 0 aliphatic carbocycles. The molecule has 0 aromatic heterocycles. The molecule has 0 saturated carbocycles. The van der Waals surface area contributed by atoms with Crippen LogP contribution >= 0.6 is 0 Å². The molecule has 0 aliphatic rings. The first-order valence-electron chi connectivity index (χ1n) is 3.07. The number of hydrogen-bond donors (Lipinski definition) is 2. The molecule has 5 nitrogen and oxygen atoms in total. The molecule has 0 fully saturated rings. The largest absolute Gasteiger partial charge is 0.396 e. The third kappa shape index (κ3) is 5.79. The standard InChI is InChI=1S/C5H10N2O3S/c6-2-5-11(9,10)7-3-1-4-8/h7-8H,1,3-5H2. The summed E-state index contributed by atoms with van der Waals surface area (Å²) in [6, 6.07) is 1.52. The van der Waals surface area contributed by atoms with Gasteiger partial charge in [-0.1, -0.05) is 0 Å². The molecule has 0 unspecified atom stereocenters. The van der Waals surface area contributed by atoms with E-state index in [-0.39, 0.29) is 13.2 Å². The molecule has 0 spiro atoms. The van der Waals surface area contributed by atoms with Crippen molar-refractivity contribution in [3.05, 3.63) is 0 Å². The normalized spacial score (nSPS) is 10.9. The fraction of sp³-hybridized carbons (Fsp3) is 0.800. The Labute approximate surface area is 65.7 Å². The van der Waals surface area contributed by atoms with Gasteiger partial charge in [0.1, 0.15) is 0 Å². The first kappa shape index (κ1) is 10.4. The van der Waals surface area contributed by atoms with Gasteiger partial charge in [-0.3, -0.25) is 0 Å². The lowest BCUT2D eigenvalue weighted by Gasteiger charge is -1.99. The second kappa shape index (κ2) is 5.07. The van der Waals surface area contributed by atoms with E-state index in [9.17, 15) is 8.42 Å². The van der Waals surface area contributed by atoms with Crippen molar-refractivity contribution >= 4 is 10.0 Å². The topological polar surface area (TPSA) is 90.2 Å². The molecule has 0 bridgehead atoms. The van der Waals surface area contributed by atoms with Crippen LogP contribution in [0.15, 0.2) is 0 Å². The van der Waals surface area contributed by atoms with Crippen LogP contribution in [0.2, 0.25) is 0 Å². The van der Waals surface area contributed by atoms with Gasteiger partial charge in [0, 0.05) is 13.2 Å². The quantitative estimate of drug-likeness (QED) is 0.518. The van der Waals surface area contributed by atoms with E-state index < -0.39 is 15.8 Å². The average molecular weight is 178 g/mol. The molecule has 2 N–H and O–H groups in total. The Bertz CT molecular complexity index is 229. The molecule has 6 heteroatoms. The van der Waals surface area contributed by atoms with Crippen LogP contribution in [-0.2, 0) is 10.0 Å². The van der Waals surface area contributed by atoms with Gasteiger partial charge in [0.05, 0.1) is 6.07 Å². The zero-order valence-corrected chi connectivity index (χ0v) is 6.76. The van der Waals surface area contributed by atoms with Crippen LogP contribution in [0.3, 0.4) is 0 Å². The maximum absolute atomic E-state index is 10.7. The highest BCUT2D eigenvalue weighted by molar-refractivity contribution is 7.89. The molecule has 0 atom stereocenters. The Hall–Kier alpha value is -0.640. The van der Waals surface area contributed by atoms with Crippen LogP contribution in [-0.4, -0.2) is 32.4 Å². The van der Waals surface area contributed by atoms with Crippen LogP contribution in [0.1, 0.15) is 6.42 Å². The molecular formula is C5H10N2O3S. The van der Waals surface area contributed by atoms with E-state index in [2.05, 4.69) is 4.72 Å². The molecule has 0 heterocycles. The third-order valence-electron chi connectivity index (χ3n) is 0.911. The maximum Gasteiger partial charge on any atom is 0.225 e. The fourth-order valence-corrected chi connectivity index (χ4v) is 1.17. The third-order valence-corrected chi connectivity index (χ3v) is 2.06. The highest BCUT2D eigenvalue weighted by atomic mass is 32.2. The van der Waals surface area contributed by atoms with Crippen molar-refractivity contribution in [2.24, 2.45) is 0 Å². The number of sulfonamides is 1. The first-order chi connectivity index (χ1) is 5.12. The first-order valence-corrected chi connectivity index (χ1v) is 4.73. The SMILES string of the molecule is N#CCS(=O)(=O)NCCCO. The van der Waals surface area contributed by atoms with Gasteiger partial charge in [-0.05, 0) is 6.42 Å². The van der Waals surface area contributed by atoms with Crippen LogP contribution in [0.4, 0.5) is 0 Å². The zero-order valence-electron chi connectivity index (χ0n) is 5.95. The minimum Gasteiger partial charge on any atom is -0.396 e. The van der Waals surface area contributed by atoms with Gasteiger partial charge in [0.25, 0.3) is 0 Å². The highest BCUT2D eigenvalue weighted by Crippen LogP contribution is 1.82. The Morgan fingerprint density at radius 1 is 1.55 bits per heavy atom. The van der Waals surface area contributed by atoms with E-state index in [1.54, 1.807) is 0 Å². The molecule has 0 rings (SSSR count). The van der Waals surface area contributed by atoms with E-state index in [0.717, 1.165) is 0 Å². The molecule has 11 heavy (non-hydrogen) atoms. The lowest BCUT2D eigenvalue weighted by Crippen LogP contribution is -2.27. The van der Waals surface area contributed by atoms with Crippen molar-refractivity contribution in [3.63, 3.8) is 0 Å². The van der Waals surface area contributed by atoms with Crippen molar-refractivity contribution in [1.29, 1.82) is 5.26 Å². The number of nitrogens with zero attached hydrogens (tertiary/aromatic N) is 1. The van der Waals surface area contributed by atoms with Gasteiger partial charge < -0.3 is 5.11 Å². The van der Waals surface area contributed by atoms with Gasteiger partial charge >= 0.3 is 0 Å². The Balaban J connectivity index is 3.68. The number of rotatable bonds is 5. The van der Waals surface area contributed by atoms with Crippen LogP contribution in [0, 0.1) is 11.3 Å². The summed E-state index contributed by atoms with van der Waals surface area (Å²) in [5.74, 6) is -0.529. The van der Waals surface area contributed by atoms with Gasteiger partial charge in [-0.2, -0.15) is 5.26 Å². The summed E-state index contributed by atoms with van der Waals surface area (Å²) in [4.78, 5) is 0. The fourth-order valence-electron chi connectivity index (χ4n) is 0.443. The van der Waals surface area contributed by atoms with Crippen LogP contribution in [0.25, 0.3) is 0 Å². The molecule has 0 aliphatic heterocycles. The summed E-state index contributed by atoms with van der Waals surface area (Å²) in [5, 5.41) is 16.3. The van der Waals surface area contributed by atoms with E-state index >= 15 is 0 Å². The van der Waals surface area contributed by atoms with Gasteiger partial charge in [-0.15, -0.1) is 0 Å². The summed E-state index contributed by atoms with van der Waals surface area (Å²) in [6.45, 7) is 0.121. The number of hydrogen-bond acceptors (Lipinski definition) is 4. The van der Waals surface area contributed by atoms with Crippen molar-refractivity contribution in [3.8, 4) is 6.07 Å². The Kier molecular flexibility index (Phi) is 4.77. The highest BCUT2D eigenvalue weighted by Gasteiger charge is 2.06. The van der Waals surface area contributed by atoms with Crippen molar-refractivity contribution in [2.45, 2.75) is 6.42 Å². The molecule has 0 saturated heterocycles. The summed E-state index contributed by atoms with van der Waals surface area (Å²) >= 11 is 0. The molecule has 0 radical (unpaired) electrons. The summed E-state index contributed by atoms with van der Waals surface area (Å²) in [5.41, 5.74) is 0. The lowest BCUT2D eigenvalue weighted by molar-refractivity contribution is 0.289. The summed E-state index contributed by atoms with van der Waals surface area (Å²) in [6.07, 6.45) is 0.366. The average Bonchev–Trinajstić information content (AvgIpc) is 1.87. The predicted molar refractivity (Wildman–Crippen MR) is 39.1 cm³/mol. The van der Waals surface area contributed by atoms with E-state index in [4.69, 9.17) is 10.4 Å². The van der Waals surface area contributed by atoms with Crippen LogP contribution < -0.4 is 4.72 Å². The summed E-state index contributed by atoms with van der Waals surface area (Å²) < 4.78 is 23.5. The zero-order chi connectivity index (χ0) is 8.74. The van der Waals surface area contributed by atoms with E-state index in [1.165, 1.54) is 6.07 Å². The number of aliphatic hydroxyl groups is 1. The number of nitriles is 1. The monoisotopic (exact) mass is 178 g/mol. The Morgan fingerprint density at radius 3 is 2.64 bits per heavy atom. The molecule has 0 aromatic carbocycles. The smallest absolute Gasteiger partial charge is 0.225 e. The van der Waals surface area contributed by atoms with Crippen molar-refractivity contribution < 1.29 is 13.5 Å². The van der Waals surface area contributed by atoms with E-state index in [1.807, 2.05) is 0 Å². The van der Waals surface area contributed by atoms with Crippen molar-refractivity contribution in [1.82, 2.24) is 4.72 Å². The maximum atomic E-state index is 10.7. The van der Waals surface area contributed by atoms with Crippen LogP contribution in [0.5, 0.6) is 0 Å². The van der Waals surface area contributed by atoms with Gasteiger partial charge in [0.15, 0.2) is 5.75 Å². The molecular weight excluding hydrogens is 168 g/mol. The molecule has 0 aromatic rings.